The molecule has 162 valence electrons. The highest BCUT2D eigenvalue weighted by molar-refractivity contribution is 7.99. The van der Waals surface area contributed by atoms with Gasteiger partial charge in [0.05, 0.1) is 5.75 Å². The summed E-state index contributed by atoms with van der Waals surface area (Å²) in [6.07, 6.45) is 0. The first-order valence-electron chi connectivity index (χ1n) is 10.3. The molecule has 1 amide bonds. The Labute approximate surface area is 191 Å². The Morgan fingerprint density at radius 2 is 1.66 bits per heavy atom. The highest BCUT2D eigenvalue weighted by Crippen LogP contribution is 2.24. The lowest BCUT2D eigenvalue weighted by atomic mass is 10.2. The van der Waals surface area contributed by atoms with Crippen molar-refractivity contribution in [2.24, 2.45) is 0 Å². The Balaban J connectivity index is 1.51. The zero-order valence-corrected chi connectivity index (χ0v) is 18.8. The average molecular weight is 445 g/mol. The number of aryl methyl sites for hydroxylation is 2. The number of carbonyl (C=O) groups excluding carboxylic acids is 1. The number of nitrogens with one attached hydrogen (secondary N) is 1. The van der Waals surface area contributed by atoms with Crippen LogP contribution in [-0.2, 0) is 11.4 Å². The minimum atomic E-state index is -0.0927. The summed E-state index contributed by atoms with van der Waals surface area (Å²) < 4.78 is 7.84. The summed E-state index contributed by atoms with van der Waals surface area (Å²) in [5, 5.41) is 12.3. The van der Waals surface area contributed by atoms with Crippen LogP contribution in [0.4, 0.5) is 5.69 Å². The number of para-hydroxylation sites is 2. The molecule has 0 spiro atoms. The van der Waals surface area contributed by atoms with E-state index >= 15 is 0 Å². The number of nitrogens with zero attached hydrogens (tertiary/aromatic N) is 3. The van der Waals surface area contributed by atoms with E-state index < -0.39 is 0 Å². The summed E-state index contributed by atoms with van der Waals surface area (Å²) >= 11 is 1.34. The van der Waals surface area contributed by atoms with E-state index in [2.05, 4.69) is 15.5 Å². The number of aromatic nitrogens is 3. The number of hydrogen-bond acceptors (Lipinski definition) is 5. The maximum Gasteiger partial charge on any atom is 0.234 e. The smallest absolute Gasteiger partial charge is 0.234 e. The van der Waals surface area contributed by atoms with Crippen LogP contribution in [0.15, 0.2) is 84.0 Å². The van der Waals surface area contributed by atoms with Crippen LogP contribution in [0.5, 0.6) is 5.75 Å². The summed E-state index contributed by atoms with van der Waals surface area (Å²) in [7, 11) is 0. The number of ether oxygens (including phenoxy) is 1. The Kier molecular flexibility index (Phi) is 6.87. The number of benzene rings is 3. The Bertz CT molecular complexity index is 1190. The van der Waals surface area contributed by atoms with Crippen molar-refractivity contribution >= 4 is 23.4 Å². The molecule has 1 heterocycles. The van der Waals surface area contributed by atoms with E-state index in [1.807, 2.05) is 97.3 Å². The van der Waals surface area contributed by atoms with Crippen molar-refractivity contribution < 1.29 is 9.53 Å². The maximum absolute atomic E-state index is 12.5. The van der Waals surface area contributed by atoms with Crippen LogP contribution in [-0.4, -0.2) is 26.4 Å². The summed E-state index contributed by atoms with van der Waals surface area (Å²) in [4.78, 5) is 12.5. The summed E-state index contributed by atoms with van der Waals surface area (Å²) in [6.45, 7) is 4.28. The van der Waals surface area contributed by atoms with Crippen LogP contribution in [0.1, 0.15) is 17.0 Å². The highest BCUT2D eigenvalue weighted by Gasteiger charge is 2.17. The van der Waals surface area contributed by atoms with Gasteiger partial charge in [0.1, 0.15) is 12.4 Å². The van der Waals surface area contributed by atoms with Gasteiger partial charge in [-0.05, 0) is 49.7 Å². The first kappa shape index (κ1) is 21.6. The number of anilines is 1. The van der Waals surface area contributed by atoms with Crippen molar-refractivity contribution in [2.75, 3.05) is 11.1 Å². The van der Waals surface area contributed by atoms with Gasteiger partial charge in [0, 0.05) is 11.4 Å². The van der Waals surface area contributed by atoms with Gasteiger partial charge in [0.25, 0.3) is 0 Å². The lowest BCUT2D eigenvalue weighted by Crippen LogP contribution is -2.15. The minimum Gasteiger partial charge on any atom is -0.486 e. The number of thioether (sulfide) groups is 1. The van der Waals surface area contributed by atoms with E-state index in [9.17, 15) is 4.79 Å². The third-order valence-corrected chi connectivity index (χ3v) is 5.78. The summed E-state index contributed by atoms with van der Waals surface area (Å²) in [5.41, 5.74) is 3.92. The second-order valence-electron chi connectivity index (χ2n) is 7.32. The van der Waals surface area contributed by atoms with E-state index in [1.165, 1.54) is 11.8 Å². The van der Waals surface area contributed by atoms with Gasteiger partial charge < -0.3 is 10.1 Å². The van der Waals surface area contributed by atoms with E-state index in [0.29, 0.717) is 11.0 Å². The van der Waals surface area contributed by atoms with Gasteiger partial charge in [-0.3, -0.25) is 9.36 Å². The van der Waals surface area contributed by atoms with E-state index in [0.717, 1.165) is 28.3 Å². The van der Waals surface area contributed by atoms with Crippen molar-refractivity contribution in [2.45, 2.75) is 25.6 Å². The maximum atomic E-state index is 12.5. The van der Waals surface area contributed by atoms with Gasteiger partial charge in [0.15, 0.2) is 11.0 Å². The van der Waals surface area contributed by atoms with Gasteiger partial charge >= 0.3 is 0 Å². The highest BCUT2D eigenvalue weighted by atomic mass is 32.2. The Morgan fingerprint density at radius 3 is 2.41 bits per heavy atom. The van der Waals surface area contributed by atoms with Crippen LogP contribution in [0.2, 0.25) is 0 Å². The fourth-order valence-corrected chi connectivity index (χ4v) is 3.91. The third kappa shape index (κ3) is 5.36. The van der Waals surface area contributed by atoms with Crippen LogP contribution < -0.4 is 10.1 Å². The molecule has 0 saturated heterocycles. The summed E-state index contributed by atoms with van der Waals surface area (Å²) in [6, 6.07) is 25.4. The molecule has 0 unspecified atom stereocenters. The monoisotopic (exact) mass is 444 g/mol. The van der Waals surface area contributed by atoms with Crippen LogP contribution >= 0.6 is 11.8 Å². The third-order valence-electron chi connectivity index (χ3n) is 4.86. The van der Waals surface area contributed by atoms with Crippen molar-refractivity contribution in [3.8, 4) is 11.4 Å². The van der Waals surface area contributed by atoms with Gasteiger partial charge in [-0.1, -0.05) is 65.9 Å². The zero-order valence-electron chi connectivity index (χ0n) is 18.0. The first-order chi connectivity index (χ1) is 15.6. The molecule has 0 aliphatic heterocycles. The lowest BCUT2D eigenvalue weighted by Gasteiger charge is -2.12. The largest absolute Gasteiger partial charge is 0.486 e. The fourth-order valence-electron chi connectivity index (χ4n) is 3.13. The minimum absolute atomic E-state index is 0.0927. The van der Waals surface area contributed by atoms with Gasteiger partial charge in [-0.25, -0.2) is 0 Å². The van der Waals surface area contributed by atoms with E-state index in [1.54, 1.807) is 0 Å². The zero-order chi connectivity index (χ0) is 22.3. The fraction of sp³-hybridized carbons (Fsp3) is 0.160. The standard InChI is InChI=1S/C25H24N4O2S/c1-18-12-14-20(15-13-18)29-23(16-31-21-9-4-3-5-10-21)27-28-25(29)32-17-24(30)26-22-11-7-6-8-19(22)2/h3-15H,16-17H2,1-2H3,(H,26,30). The predicted octanol–water partition coefficient (Wildman–Crippen LogP) is 5.19. The van der Waals surface area contributed by atoms with Gasteiger partial charge in [-0.15, -0.1) is 10.2 Å². The number of rotatable bonds is 8. The van der Waals surface area contributed by atoms with Crippen molar-refractivity contribution in [1.82, 2.24) is 14.8 Å². The average Bonchev–Trinajstić information content (AvgIpc) is 3.22. The van der Waals surface area contributed by atoms with Crippen molar-refractivity contribution in [1.29, 1.82) is 0 Å². The molecule has 0 atom stereocenters. The molecule has 1 aromatic heterocycles. The predicted molar refractivity (Wildman–Crippen MR) is 127 cm³/mol. The molecule has 0 radical (unpaired) electrons. The number of hydrogen-bond donors (Lipinski definition) is 1. The molecule has 4 aromatic rings. The molecule has 0 aliphatic rings. The molecular formula is C25H24N4O2S. The normalized spacial score (nSPS) is 10.7. The van der Waals surface area contributed by atoms with Crippen molar-refractivity contribution in [3.63, 3.8) is 0 Å². The molecule has 32 heavy (non-hydrogen) atoms. The topological polar surface area (TPSA) is 69.0 Å². The molecule has 3 aromatic carbocycles. The molecule has 0 bridgehead atoms. The van der Waals surface area contributed by atoms with Crippen LogP contribution in [0, 0.1) is 13.8 Å². The molecule has 7 heteroatoms. The van der Waals surface area contributed by atoms with Gasteiger partial charge in [-0.2, -0.15) is 0 Å². The Morgan fingerprint density at radius 1 is 0.938 bits per heavy atom. The molecule has 4 rings (SSSR count). The van der Waals surface area contributed by atoms with Crippen LogP contribution in [0.3, 0.4) is 0 Å². The molecule has 1 N–H and O–H groups in total. The SMILES string of the molecule is Cc1ccc(-n2c(COc3ccccc3)nnc2SCC(=O)Nc2ccccc2C)cc1. The molecule has 0 saturated carbocycles. The van der Waals surface area contributed by atoms with Gasteiger partial charge in [0.2, 0.25) is 5.91 Å². The van der Waals surface area contributed by atoms with E-state index in [-0.39, 0.29) is 18.3 Å². The summed E-state index contributed by atoms with van der Waals surface area (Å²) in [5.74, 6) is 1.56. The lowest BCUT2D eigenvalue weighted by molar-refractivity contribution is -0.113. The molecule has 0 aliphatic carbocycles. The molecular weight excluding hydrogens is 420 g/mol. The second kappa shape index (κ2) is 10.2. The quantitative estimate of drug-likeness (QED) is 0.379. The number of carbonyl (C=O) groups is 1. The first-order valence-corrected chi connectivity index (χ1v) is 11.3. The van der Waals surface area contributed by atoms with Crippen molar-refractivity contribution in [3.05, 3.63) is 95.8 Å². The van der Waals surface area contributed by atoms with Crippen LogP contribution in [0.25, 0.3) is 5.69 Å². The molecule has 0 fully saturated rings. The Hall–Kier alpha value is -3.58. The second-order valence-corrected chi connectivity index (χ2v) is 8.27. The van der Waals surface area contributed by atoms with E-state index in [4.69, 9.17) is 4.74 Å². The number of amides is 1. The molecule has 6 nitrogen and oxygen atoms in total.